The first-order valence-corrected chi connectivity index (χ1v) is 8.94. The molecule has 2 aliphatic rings. The minimum absolute atomic E-state index is 0.319. The molecule has 1 heterocycles. The molecule has 1 saturated heterocycles. The molecule has 7 heteroatoms. The highest BCUT2D eigenvalue weighted by molar-refractivity contribution is 6.11. The van der Waals surface area contributed by atoms with E-state index < -0.39 is 23.5 Å². The number of imide groups is 1. The quantitative estimate of drug-likeness (QED) is 0.814. The van der Waals surface area contributed by atoms with Gasteiger partial charge in [-0.05, 0) is 31.9 Å². The second-order valence-electron chi connectivity index (χ2n) is 6.92. The van der Waals surface area contributed by atoms with Gasteiger partial charge < -0.3 is 10.6 Å². The van der Waals surface area contributed by atoms with Gasteiger partial charge in [-0.3, -0.25) is 9.59 Å². The van der Waals surface area contributed by atoms with Crippen molar-refractivity contribution in [3.05, 3.63) is 29.8 Å². The molecule has 1 saturated carbocycles. The number of hydrogen-bond donors (Lipinski definition) is 2. The highest BCUT2D eigenvalue weighted by Crippen LogP contribution is 2.33. The molecule has 7 nitrogen and oxygen atoms in total. The predicted molar refractivity (Wildman–Crippen MR) is 95.1 cm³/mol. The number of benzene rings is 1. The molecule has 0 radical (unpaired) electrons. The van der Waals surface area contributed by atoms with Crippen LogP contribution in [-0.2, 0) is 9.59 Å². The van der Waals surface area contributed by atoms with Crippen LogP contribution in [0.2, 0.25) is 0 Å². The van der Waals surface area contributed by atoms with Gasteiger partial charge in [-0.25, -0.2) is 9.69 Å². The lowest BCUT2D eigenvalue weighted by Gasteiger charge is -2.26. The molecule has 0 bridgehead atoms. The van der Waals surface area contributed by atoms with Crippen molar-refractivity contribution in [1.82, 2.24) is 10.2 Å². The van der Waals surface area contributed by atoms with Gasteiger partial charge in [0.05, 0.1) is 11.3 Å². The number of amides is 4. The molecule has 0 aromatic heterocycles. The number of urea groups is 1. The van der Waals surface area contributed by atoms with Crippen LogP contribution in [-0.4, -0.2) is 34.3 Å². The molecule has 136 valence electrons. The average Bonchev–Trinajstić information content (AvgIpc) is 2.79. The largest absolute Gasteiger partial charge is 0.325 e. The van der Waals surface area contributed by atoms with Crippen LogP contribution >= 0.6 is 0 Å². The van der Waals surface area contributed by atoms with Crippen molar-refractivity contribution in [3.63, 3.8) is 0 Å². The van der Waals surface area contributed by atoms with Gasteiger partial charge in [0.1, 0.15) is 17.6 Å². The topological polar surface area (TPSA) is 102 Å². The number of nitrogens with one attached hydrogen (secondary N) is 2. The summed E-state index contributed by atoms with van der Waals surface area (Å²) in [7, 11) is 0. The normalized spacial score (nSPS) is 20.2. The minimum atomic E-state index is -0.961. The minimum Gasteiger partial charge on any atom is -0.323 e. The first-order chi connectivity index (χ1) is 12.5. The Morgan fingerprint density at radius 1 is 1.23 bits per heavy atom. The van der Waals surface area contributed by atoms with E-state index in [0.717, 1.165) is 30.6 Å². The molecule has 1 atom stereocenters. The molecule has 3 rings (SSSR count). The Labute approximate surface area is 152 Å². The molecule has 1 aromatic carbocycles. The van der Waals surface area contributed by atoms with E-state index in [1.54, 1.807) is 24.3 Å². The summed E-state index contributed by atoms with van der Waals surface area (Å²) in [6.07, 6.45) is 5.09. The van der Waals surface area contributed by atoms with Gasteiger partial charge in [-0.15, -0.1) is 0 Å². The number of carbonyl (C=O) groups is 3. The van der Waals surface area contributed by atoms with Crippen molar-refractivity contribution in [1.29, 1.82) is 5.26 Å². The molecule has 0 unspecified atom stereocenters. The Balaban J connectivity index is 1.77. The lowest BCUT2D eigenvalue weighted by molar-refractivity contribution is -0.136. The summed E-state index contributed by atoms with van der Waals surface area (Å²) in [5.74, 6) is -0.817. The van der Waals surface area contributed by atoms with Crippen molar-refractivity contribution in [3.8, 4) is 6.07 Å². The maximum absolute atomic E-state index is 13.0. The Kier molecular flexibility index (Phi) is 4.94. The molecular weight excluding hydrogens is 332 g/mol. The number of rotatable bonds is 3. The molecule has 2 fully saturated rings. The lowest BCUT2D eigenvalue weighted by atomic mass is 9.90. The van der Waals surface area contributed by atoms with Crippen LogP contribution in [0.3, 0.4) is 0 Å². The van der Waals surface area contributed by atoms with Gasteiger partial charge in [0.25, 0.3) is 5.91 Å². The van der Waals surface area contributed by atoms with Crippen molar-refractivity contribution in [2.45, 2.75) is 57.0 Å². The fraction of sp³-hybridized carbons (Fsp3) is 0.474. The van der Waals surface area contributed by atoms with E-state index in [4.69, 9.17) is 5.26 Å². The van der Waals surface area contributed by atoms with Crippen molar-refractivity contribution in [2.75, 3.05) is 5.32 Å². The lowest BCUT2D eigenvalue weighted by Crippen LogP contribution is -2.49. The van der Waals surface area contributed by atoms with Crippen molar-refractivity contribution in [2.24, 2.45) is 0 Å². The van der Waals surface area contributed by atoms with Crippen LogP contribution in [0.25, 0.3) is 0 Å². The van der Waals surface area contributed by atoms with E-state index in [9.17, 15) is 14.4 Å². The second kappa shape index (κ2) is 7.16. The fourth-order valence-corrected chi connectivity index (χ4v) is 3.71. The Morgan fingerprint density at radius 3 is 2.54 bits per heavy atom. The SMILES string of the molecule is C[C@@H](C(=O)Nc1ccccc1C#N)N1C(=O)NC2(CCCCCC2)C1=O. The van der Waals surface area contributed by atoms with Crippen molar-refractivity contribution < 1.29 is 14.4 Å². The van der Waals surface area contributed by atoms with Crippen molar-refractivity contribution >= 4 is 23.5 Å². The number of nitriles is 1. The third-order valence-electron chi connectivity index (χ3n) is 5.22. The first kappa shape index (κ1) is 17.9. The number of nitrogens with zero attached hydrogens (tertiary/aromatic N) is 2. The van der Waals surface area contributed by atoms with Crippen LogP contribution < -0.4 is 10.6 Å². The molecule has 1 aliphatic carbocycles. The molecule has 1 aliphatic heterocycles. The number of anilines is 1. The number of carbonyl (C=O) groups excluding carboxylic acids is 3. The van der Waals surface area contributed by atoms with Gasteiger partial charge in [0.2, 0.25) is 5.91 Å². The van der Waals surface area contributed by atoms with E-state index in [1.807, 2.05) is 6.07 Å². The summed E-state index contributed by atoms with van der Waals surface area (Å²) in [5.41, 5.74) is -0.180. The summed E-state index contributed by atoms with van der Waals surface area (Å²) in [6, 6.07) is 7.13. The third kappa shape index (κ3) is 3.15. The Morgan fingerprint density at radius 2 is 1.88 bits per heavy atom. The fourth-order valence-electron chi connectivity index (χ4n) is 3.71. The molecule has 1 aromatic rings. The average molecular weight is 354 g/mol. The van der Waals surface area contributed by atoms with E-state index >= 15 is 0 Å². The molecule has 4 amide bonds. The van der Waals surface area contributed by atoms with Gasteiger partial charge in [-0.1, -0.05) is 37.8 Å². The zero-order valence-corrected chi connectivity index (χ0v) is 14.7. The van der Waals surface area contributed by atoms with E-state index in [1.165, 1.54) is 6.92 Å². The molecular formula is C19H22N4O3. The van der Waals surface area contributed by atoms with Gasteiger partial charge in [0, 0.05) is 0 Å². The Hall–Kier alpha value is -2.88. The van der Waals surface area contributed by atoms with Crippen LogP contribution in [0, 0.1) is 11.3 Å². The van der Waals surface area contributed by atoms with E-state index in [0.29, 0.717) is 24.1 Å². The van der Waals surface area contributed by atoms with Crippen LogP contribution in [0.1, 0.15) is 51.0 Å². The highest BCUT2D eigenvalue weighted by Gasteiger charge is 2.53. The number of para-hydroxylation sites is 1. The number of hydrogen-bond acceptors (Lipinski definition) is 4. The standard InChI is InChI=1S/C19H22N4O3/c1-13(16(24)21-15-9-5-4-8-14(15)12-20)23-17(25)19(22-18(23)26)10-6-2-3-7-11-19/h4-5,8-9,13H,2-3,6-7,10-11H2,1H3,(H,21,24)(H,22,26)/t13-/m0/s1. The maximum Gasteiger partial charge on any atom is 0.325 e. The monoisotopic (exact) mass is 354 g/mol. The molecule has 26 heavy (non-hydrogen) atoms. The zero-order chi connectivity index (χ0) is 18.7. The van der Waals surface area contributed by atoms with Crippen LogP contribution in [0.15, 0.2) is 24.3 Å². The van der Waals surface area contributed by atoms with E-state index in [-0.39, 0.29) is 5.91 Å². The van der Waals surface area contributed by atoms with Gasteiger partial charge in [0.15, 0.2) is 0 Å². The van der Waals surface area contributed by atoms with Crippen LogP contribution in [0.5, 0.6) is 0 Å². The summed E-state index contributed by atoms with van der Waals surface area (Å²) in [6.45, 7) is 1.53. The summed E-state index contributed by atoms with van der Waals surface area (Å²) < 4.78 is 0. The van der Waals surface area contributed by atoms with E-state index in [2.05, 4.69) is 10.6 Å². The third-order valence-corrected chi connectivity index (χ3v) is 5.22. The van der Waals surface area contributed by atoms with Gasteiger partial charge >= 0.3 is 6.03 Å². The maximum atomic E-state index is 13.0. The zero-order valence-electron chi connectivity index (χ0n) is 14.7. The smallest absolute Gasteiger partial charge is 0.323 e. The molecule has 1 spiro atoms. The predicted octanol–water partition coefficient (Wildman–Crippen LogP) is 2.53. The second-order valence-corrected chi connectivity index (χ2v) is 6.92. The summed E-state index contributed by atoms with van der Waals surface area (Å²) in [4.78, 5) is 39.1. The summed E-state index contributed by atoms with van der Waals surface area (Å²) >= 11 is 0. The Bertz CT molecular complexity index is 775. The highest BCUT2D eigenvalue weighted by atomic mass is 16.2. The summed E-state index contributed by atoms with van der Waals surface area (Å²) in [5, 5.41) is 14.6. The van der Waals surface area contributed by atoms with Gasteiger partial charge in [-0.2, -0.15) is 5.26 Å². The molecule has 2 N–H and O–H groups in total. The van der Waals surface area contributed by atoms with Crippen LogP contribution in [0.4, 0.5) is 10.5 Å². The first-order valence-electron chi connectivity index (χ1n) is 8.94.